The fourth-order valence-electron chi connectivity index (χ4n) is 8.98. The predicted octanol–water partition coefficient (Wildman–Crippen LogP) is 1.24. The second-order valence-electron chi connectivity index (χ2n) is 14.5. The quantitative estimate of drug-likeness (QED) is 0.104. The number of ether oxygens (including phenoxy) is 3. The van der Waals surface area contributed by atoms with Crippen molar-refractivity contribution >= 4 is 29.8 Å². The van der Waals surface area contributed by atoms with Crippen LogP contribution in [0, 0.1) is 11.3 Å². The first-order valence-electron chi connectivity index (χ1n) is 18.1. The van der Waals surface area contributed by atoms with Crippen LogP contribution in [0.4, 0.5) is 4.79 Å². The van der Waals surface area contributed by atoms with E-state index in [1.807, 2.05) is 12.1 Å². The van der Waals surface area contributed by atoms with E-state index in [2.05, 4.69) is 39.3 Å². The molecule has 5 aliphatic rings. The molecule has 1 spiro atoms. The monoisotopic (exact) mass is 708 g/mol. The molecule has 0 unspecified atom stereocenters. The Hall–Kier alpha value is -4.53. The Morgan fingerprint density at radius 3 is 2.69 bits per heavy atom. The van der Waals surface area contributed by atoms with Crippen molar-refractivity contribution in [3.8, 4) is 11.5 Å². The average molecular weight is 709 g/mol. The molecule has 15 heteroatoms. The number of hydrogen-bond donors (Lipinski definition) is 6. The van der Waals surface area contributed by atoms with Gasteiger partial charge in [-0.25, -0.2) is 4.79 Å². The van der Waals surface area contributed by atoms with Gasteiger partial charge in [0, 0.05) is 43.6 Å². The Kier molecular flexibility index (Phi) is 10.7. The predicted molar refractivity (Wildman–Crippen MR) is 188 cm³/mol. The van der Waals surface area contributed by atoms with Gasteiger partial charge in [0.2, 0.25) is 17.7 Å². The molecule has 0 aromatic heterocycles. The van der Waals surface area contributed by atoms with Gasteiger partial charge in [-0.1, -0.05) is 6.07 Å². The van der Waals surface area contributed by atoms with Crippen LogP contribution in [0.2, 0.25) is 0 Å². The molecule has 1 aromatic carbocycles. The van der Waals surface area contributed by atoms with Gasteiger partial charge in [0.1, 0.15) is 17.8 Å². The third kappa shape index (κ3) is 7.04. The summed E-state index contributed by atoms with van der Waals surface area (Å²) in [6.45, 7) is 4.79. The highest BCUT2D eigenvalue weighted by atomic mass is 16.6. The normalized spacial score (nSPS) is 27.1. The summed E-state index contributed by atoms with van der Waals surface area (Å²) in [6, 6.07) is 2.46. The van der Waals surface area contributed by atoms with Gasteiger partial charge in [-0.05, 0) is 95.5 Å². The second kappa shape index (κ2) is 15.0. The summed E-state index contributed by atoms with van der Waals surface area (Å²) >= 11 is 0. The summed E-state index contributed by atoms with van der Waals surface area (Å²) in [5.41, 5.74) is 7.57. The van der Waals surface area contributed by atoms with Crippen LogP contribution < -0.4 is 36.5 Å². The largest absolute Gasteiger partial charge is 0.493 e. The maximum atomic E-state index is 14.0. The number of benzene rings is 1. The Morgan fingerprint density at radius 1 is 1.14 bits per heavy atom. The van der Waals surface area contributed by atoms with Crippen molar-refractivity contribution in [1.29, 1.82) is 5.41 Å². The minimum absolute atomic E-state index is 0.179. The first-order chi connectivity index (χ1) is 24.4. The number of rotatable bonds is 12. The van der Waals surface area contributed by atoms with Crippen LogP contribution >= 0.6 is 0 Å². The lowest BCUT2D eigenvalue weighted by molar-refractivity contribution is -0.131. The summed E-state index contributed by atoms with van der Waals surface area (Å²) in [6.07, 6.45) is 6.85. The SMILES string of the molecule is COc1ccc2c3c1O[C@H]1C(OC(=O)N4CCCC[C@@H]4CNC(=O)[C@H](CCCNC(=N)N)NC(=O)[C@H](C)NC(C)=O)=CC[C@H]4[C@@H](C2)N(C)CC[C@]314. The van der Waals surface area contributed by atoms with E-state index in [1.165, 1.54) is 18.1 Å². The molecule has 7 N–H and O–H groups in total. The Bertz CT molecular complexity index is 1580. The number of hydrogen-bond acceptors (Lipinski definition) is 9. The zero-order chi connectivity index (χ0) is 36.4. The zero-order valence-electron chi connectivity index (χ0n) is 30.0. The summed E-state index contributed by atoms with van der Waals surface area (Å²) in [4.78, 5) is 55.9. The number of nitrogens with one attached hydrogen (secondary N) is 5. The molecule has 7 atom stereocenters. The number of allylic oxidation sites excluding steroid dienone is 1. The molecule has 4 amide bonds. The molecule has 1 aromatic rings. The van der Waals surface area contributed by atoms with Gasteiger partial charge in [0.25, 0.3) is 0 Å². The number of piperidine rings is 2. The molecule has 0 radical (unpaired) electrons. The maximum absolute atomic E-state index is 14.0. The van der Waals surface area contributed by atoms with Crippen molar-refractivity contribution in [2.45, 2.75) is 101 Å². The van der Waals surface area contributed by atoms with Crippen molar-refractivity contribution in [2.75, 3.05) is 40.3 Å². The fraction of sp³-hybridized carbons (Fsp3) is 0.639. The van der Waals surface area contributed by atoms with Crippen LogP contribution in [-0.4, -0.2) is 110 Å². The van der Waals surface area contributed by atoms with Crippen molar-refractivity contribution in [3.63, 3.8) is 0 Å². The highest BCUT2D eigenvalue weighted by Crippen LogP contribution is 2.63. The van der Waals surface area contributed by atoms with E-state index in [-0.39, 0.29) is 36.3 Å². The highest BCUT2D eigenvalue weighted by molar-refractivity contribution is 5.91. The molecular weight excluding hydrogens is 656 g/mol. The molecule has 3 heterocycles. The molecule has 2 saturated heterocycles. The van der Waals surface area contributed by atoms with Crippen molar-refractivity contribution in [2.24, 2.45) is 11.7 Å². The highest BCUT2D eigenvalue weighted by Gasteiger charge is 2.65. The number of amides is 4. The first-order valence-corrected chi connectivity index (χ1v) is 18.1. The van der Waals surface area contributed by atoms with Gasteiger partial charge in [-0.2, -0.15) is 0 Å². The summed E-state index contributed by atoms with van der Waals surface area (Å²) in [5, 5.41) is 18.3. The van der Waals surface area contributed by atoms with Crippen LogP contribution in [0.5, 0.6) is 11.5 Å². The Morgan fingerprint density at radius 2 is 1.94 bits per heavy atom. The van der Waals surface area contributed by atoms with E-state index in [0.29, 0.717) is 49.4 Å². The molecule has 2 aliphatic carbocycles. The number of likely N-dealkylation sites (tertiary alicyclic amines) is 2. The number of methoxy groups -OCH3 is 1. The first kappa shape index (κ1) is 36.3. The van der Waals surface area contributed by atoms with Gasteiger partial charge in [-0.15, -0.1) is 0 Å². The van der Waals surface area contributed by atoms with E-state index < -0.39 is 36.1 Å². The zero-order valence-corrected chi connectivity index (χ0v) is 30.0. The van der Waals surface area contributed by atoms with Crippen molar-refractivity contribution in [3.05, 3.63) is 35.1 Å². The second-order valence-corrected chi connectivity index (χ2v) is 14.5. The average Bonchev–Trinajstić information content (AvgIpc) is 3.46. The number of guanidine groups is 1. The minimum Gasteiger partial charge on any atom is -0.493 e. The maximum Gasteiger partial charge on any atom is 0.415 e. The van der Waals surface area contributed by atoms with Crippen LogP contribution in [0.1, 0.15) is 69.9 Å². The molecule has 3 aliphatic heterocycles. The lowest BCUT2D eigenvalue weighted by Gasteiger charge is -2.56. The van der Waals surface area contributed by atoms with Gasteiger partial charge in [-0.3, -0.25) is 19.8 Å². The lowest BCUT2D eigenvalue weighted by Crippen LogP contribution is -2.63. The molecular formula is C36H52N8O7. The summed E-state index contributed by atoms with van der Waals surface area (Å²) in [5.74, 6) is 0.877. The Balaban J connectivity index is 1.14. The van der Waals surface area contributed by atoms with Crippen molar-refractivity contribution in [1.82, 2.24) is 31.1 Å². The van der Waals surface area contributed by atoms with E-state index in [4.69, 9.17) is 25.4 Å². The fourth-order valence-corrected chi connectivity index (χ4v) is 8.98. The smallest absolute Gasteiger partial charge is 0.415 e. The van der Waals surface area contributed by atoms with Crippen molar-refractivity contribution < 1.29 is 33.4 Å². The molecule has 15 nitrogen and oxygen atoms in total. The lowest BCUT2D eigenvalue weighted by atomic mass is 9.53. The summed E-state index contributed by atoms with van der Waals surface area (Å²) in [7, 11) is 3.85. The number of nitrogens with zero attached hydrogens (tertiary/aromatic N) is 2. The molecule has 6 rings (SSSR count). The molecule has 278 valence electrons. The number of likely N-dealkylation sites (N-methyl/N-ethyl adjacent to an activating group) is 1. The van der Waals surface area contributed by atoms with Gasteiger partial charge < -0.3 is 51.0 Å². The van der Waals surface area contributed by atoms with Gasteiger partial charge in [0.05, 0.1) is 13.2 Å². The number of carbonyl (C=O) groups is 4. The minimum atomic E-state index is -0.900. The van der Waals surface area contributed by atoms with E-state index in [9.17, 15) is 19.2 Å². The molecule has 2 bridgehead atoms. The van der Waals surface area contributed by atoms with Crippen LogP contribution in [0.25, 0.3) is 0 Å². The van der Waals surface area contributed by atoms with E-state index in [0.717, 1.165) is 44.4 Å². The topological polar surface area (TPSA) is 200 Å². The van der Waals surface area contributed by atoms with Crippen LogP contribution in [-0.2, 0) is 31.0 Å². The number of nitrogens with two attached hydrogens (primary N) is 1. The molecule has 2 fully saturated rings. The molecule has 0 saturated carbocycles. The Labute approximate surface area is 298 Å². The van der Waals surface area contributed by atoms with E-state index in [1.54, 1.807) is 18.9 Å². The summed E-state index contributed by atoms with van der Waals surface area (Å²) < 4.78 is 18.8. The van der Waals surface area contributed by atoms with Gasteiger partial charge >= 0.3 is 6.09 Å². The molecule has 51 heavy (non-hydrogen) atoms. The van der Waals surface area contributed by atoms with Crippen LogP contribution in [0.15, 0.2) is 24.0 Å². The van der Waals surface area contributed by atoms with Gasteiger partial charge in [0.15, 0.2) is 23.6 Å². The number of carbonyl (C=O) groups excluding carboxylic acids is 4. The standard InChI is InChI=1S/C36H52N8O7/c1-20(41-21(2)45)32(46)42-25(9-7-15-39-34(37)38)33(47)40-19-23-8-5-6-16-44(23)35(48)50-28-13-11-24-26-18-22-10-12-27(49-4)30-29(22)36(24,31(28)51-30)14-17-43(26)3/h10,12-13,20,23-26,31H,5-9,11,14-19H2,1-4H3,(H,40,47)(H,41,45)(H,42,46)(H4,37,38,39)/t20-,23+,24-,25-,26+,31-,36-/m0/s1. The third-order valence-corrected chi connectivity index (χ3v) is 11.4. The van der Waals surface area contributed by atoms with E-state index >= 15 is 0 Å². The third-order valence-electron chi connectivity index (χ3n) is 11.4. The van der Waals surface area contributed by atoms with Crippen LogP contribution in [0.3, 0.4) is 0 Å².